The predicted octanol–water partition coefficient (Wildman–Crippen LogP) is 1.42. The zero-order valence-electron chi connectivity index (χ0n) is 9.59. The number of carboxylic acid groups (broad SMARTS) is 1. The average Bonchev–Trinajstić information content (AvgIpc) is 2.30. The second kappa shape index (κ2) is 6.95. The molecule has 0 saturated heterocycles. The molecule has 1 aromatic heterocycles. The summed E-state index contributed by atoms with van der Waals surface area (Å²) in [5.41, 5.74) is 1.19. The predicted molar refractivity (Wildman–Crippen MR) is 62.3 cm³/mol. The van der Waals surface area contributed by atoms with E-state index in [2.05, 4.69) is 9.88 Å². The molecule has 1 aromatic rings. The number of nitrogens with zero attached hydrogens (tertiary/aromatic N) is 2. The molecule has 1 rings (SSSR count). The third kappa shape index (κ3) is 4.89. The summed E-state index contributed by atoms with van der Waals surface area (Å²) in [5.74, 6) is -0.736. The number of rotatable bonds is 7. The number of likely N-dealkylation sites (N-methyl/N-ethyl adjacent to an activating group) is 1. The Labute approximate surface area is 95.9 Å². The molecule has 0 aromatic carbocycles. The Morgan fingerprint density at radius 2 is 2.31 bits per heavy atom. The second-order valence-electron chi connectivity index (χ2n) is 3.69. The fourth-order valence-electron chi connectivity index (χ4n) is 1.52. The van der Waals surface area contributed by atoms with Crippen molar-refractivity contribution in [2.24, 2.45) is 0 Å². The summed E-state index contributed by atoms with van der Waals surface area (Å²) in [6.07, 6.45) is 4.73. The van der Waals surface area contributed by atoms with Crippen molar-refractivity contribution < 1.29 is 9.90 Å². The van der Waals surface area contributed by atoms with Gasteiger partial charge in [0.05, 0.1) is 6.42 Å². The van der Waals surface area contributed by atoms with E-state index in [1.54, 1.807) is 6.20 Å². The Bertz CT molecular complexity index is 314. The number of hydrogen-bond donors (Lipinski definition) is 1. The molecule has 0 saturated carbocycles. The first kappa shape index (κ1) is 12.6. The lowest BCUT2D eigenvalue weighted by atomic mass is 10.2. The van der Waals surface area contributed by atoms with Gasteiger partial charge in [0.25, 0.3) is 0 Å². The molecule has 0 radical (unpaired) electrons. The van der Waals surface area contributed by atoms with Gasteiger partial charge in [-0.05, 0) is 24.6 Å². The van der Waals surface area contributed by atoms with Gasteiger partial charge in [-0.2, -0.15) is 0 Å². The van der Waals surface area contributed by atoms with E-state index in [0.717, 1.165) is 19.5 Å². The SMILES string of the molecule is CCN(CCC(=O)O)CCc1cccnc1. The van der Waals surface area contributed by atoms with Crippen molar-refractivity contribution in [1.29, 1.82) is 0 Å². The Balaban J connectivity index is 2.31. The highest BCUT2D eigenvalue weighted by Crippen LogP contribution is 2.00. The van der Waals surface area contributed by atoms with Crippen LogP contribution in [-0.4, -0.2) is 40.6 Å². The van der Waals surface area contributed by atoms with Gasteiger partial charge in [0, 0.05) is 25.5 Å². The molecule has 4 nitrogen and oxygen atoms in total. The summed E-state index contributed by atoms with van der Waals surface area (Å²) in [5, 5.41) is 8.61. The van der Waals surface area contributed by atoms with Gasteiger partial charge < -0.3 is 10.0 Å². The van der Waals surface area contributed by atoms with E-state index in [4.69, 9.17) is 5.11 Å². The number of pyridine rings is 1. The van der Waals surface area contributed by atoms with Crippen LogP contribution in [0.15, 0.2) is 24.5 Å². The number of aliphatic carboxylic acids is 1. The van der Waals surface area contributed by atoms with E-state index in [9.17, 15) is 4.79 Å². The quantitative estimate of drug-likeness (QED) is 0.758. The first-order chi connectivity index (χ1) is 7.72. The Morgan fingerprint density at radius 3 is 2.88 bits per heavy atom. The van der Waals surface area contributed by atoms with E-state index in [0.29, 0.717) is 6.54 Å². The normalized spacial score (nSPS) is 10.6. The van der Waals surface area contributed by atoms with E-state index < -0.39 is 5.97 Å². The van der Waals surface area contributed by atoms with Crippen molar-refractivity contribution in [2.45, 2.75) is 19.8 Å². The van der Waals surface area contributed by atoms with Gasteiger partial charge >= 0.3 is 5.97 Å². The summed E-state index contributed by atoms with van der Waals surface area (Å²) < 4.78 is 0. The van der Waals surface area contributed by atoms with Crippen molar-refractivity contribution in [2.75, 3.05) is 19.6 Å². The van der Waals surface area contributed by atoms with Crippen molar-refractivity contribution in [3.8, 4) is 0 Å². The standard InChI is InChI=1S/C12H18N2O2/c1-2-14(9-6-12(15)16)8-5-11-4-3-7-13-10-11/h3-4,7,10H,2,5-6,8-9H2,1H3,(H,15,16). The van der Waals surface area contributed by atoms with Gasteiger partial charge in [0.1, 0.15) is 0 Å². The molecule has 0 spiro atoms. The van der Waals surface area contributed by atoms with Crippen LogP contribution < -0.4 is 0 Å². The van der Waals surface area contributed by atoms with Crippen LogP contribution in [0.1, 0.15) is 18.9 Å². The minimum Gasteiger partial charge on any atom is -0.481 e. The monoisotopic (exact) mass is 222 g/mol. The molecule has 0 atom stereocenters. The van der Waals surface area contributed by atoms with E-state index >= 15 is 0 Å². The van der Waals surface area contributed by atoms with Gasteiger partial charge in [0.15, 0.2) is 0 Å². The maximum Gasteiger partial charge on any atom is 0.304 e. The highest BCUT2D eigenvalue weighted by molar-refractivity contribution is 5.66. The molecule has 0 aliphatic carbocycles. The van der Waals surface area contributed by atoms with E-state index in [1.165, 1.54) is 5.56 Å². The van der Waals surface area contributed by atoms with Crippen LogP contribution in [0.25, 0.3) is 0 Å². The lowest BCUT2D eigenvalue weighted by Gasteiger charge is -2.19. The first-order valence-electron chi connectivity index (χ1n) is 5.55. The van der Waals surface area contributed by atoms with Crippen LogP contribution in [-0.2, 0) is 11.2 Å². The van der Waals surface area contributed by atoms with Gasteiger partial charge in [-0.15, -0.1) is 0 Å². The van der Waals surface area contributed by atoms with Crippen LogP contribution in [0.5, 0.6) is 0 Å². The molecule has 16 heavy (non-hydrogen) atoms. The summed E-state index contributed by atoms with van der Waals surface area (Å²) >= 11 is 0. The summed E-state index contributed by atoms with van der Waals surface area (Å²) in [6, 6.07) is 3.96. The largest absolute Gasteiger partial charge is 0.481 e. The molecule has 0 aliphatic heterocycles. The average molecular weight is 222 g/mol. The minimum atomic E-state index is -0.736. The summed E-state index contributed by atoms with van der Waals surface area (Å²) in [6.45, 7) is 4.43. The maximum absolute atomic E-state index is 10.5. The molecular weight excluding hydrogens is 204 g/mol. The maximum atomic E-state index is 10.5. The van der Waals surface area contributed by atoms with Crippen molar-refractivity contribution in [3.05, 3.63) is 30.1 Å². The van der Waals surface area contributed by atoms with E-state index in [-0.39, 0.29) is 6.42 Å². The summed E-state index contributed by atoms with van der Waals surface area (Å²) in [4.78, 5) is 16.6. The fourth-order valence-corrected chi connectivity index (χ4v) is 1.52. The molecule has 88 valence electrons. The first-order valence-corrected chi connectivity index (χ1v) is 5.55. The van der Waals surface area contributed by atoms with Crippen molar-refractivity contribution >= 4 is 5.97 Å². The third-order valence-corrected chi connectivity index (χ3v) is 2.53. The Kier molecular flexibility index (Phi) is 5.50. The second-order valence-corrected chi connectivity index (χ2v) is 3.69. The molecule has 1 heterocycles. The third-order valence-electron chi connectivity index (χ3n) is 2.53. The van der Waals surface area contributed by atoms with Crippen molar-refractivity contribution in [3.63, 3.8) is 0 Å². The number of hydrogen-bond acceptors (Lipinski definition) is 3. The molecule has 4 heteroatoms. The molecule has 0 unspecified atom stereocenters. The van der Waals surface area contributed by atoms with Crippen LogP contribution in [0.2, 0.25) is 0 Å². The smallest absolute Gasteiger partial charge is 0.304 e. The lowest BCUT2D eigenvalue weighted by molar-refractivity contribution is -0.137. The Morgan fingerprint density at radius 1 is 1.50 bits per heavy atom. The van der Waals surface area contributed by atoms with Gasteiger partial charge in [-0.3, -0.25) is 9.78 Å². The molecular formula is C12H18N2O2. The Hall–Kier alpha value is -1.42. The number of aromatic nitrogens is 1. The number of carbonyl (C=O) groups is 1. The molecule has 0 bridgehead atoms. The summed E-state index contributed by atoms with van der Waals surface area (Å²) in [7, 11) is 0. The topological polar surface area (TPSA) is 53.4 Å². The van der Waals surface area contributed by atoms with Crippen molar-refractivity contribution in [1.82, 2.24) is 9.88 Å². The highest BCUT2D eigenvalue weighted by atomic mass is 16.4. The fraction of sp³-hybridized carbons (Fsp3) is 0.500. The zero-order chi connectivity index (χ0) is 11.8. The zero-order valence-corrected chi connectivity index (χ0v) is 9.59. The molecule has 0 amide bonds. The molecule has 1 N–H and O–H groups in total. The van der Waals surface area contributed by atoms with Crippen LogP contribution in [0, 0.1) is 0 Å². The number of carboxylic acids is 1. The van der Waals surface area contributed by atoms with Crippen LogP contribution >= 0.6 is 0 Å². The highest BCUT2D eigenvalue weighted by Gasteiger charge is 2.05. The minimum absolute atomic E-state index is 0.209. The molecule has 0 fully saturated rings. The van der Waals surface area contributed by atoms with Gasteiger partial charge in [-0.1, -0.05) is 13.0 Å². The lowest BCUT2D eigenvalue weighted by Crippen LogP contribution is -2.28. The van der Waals surface area contributed by atoms with Crippen LogP contribution in [0.3, 0.4) is 0 Å². The van der Waals surface area contributed by atoms with Gasteiger partial charge in [-0.25, -0.2) is 0 Å². The van der Waals surface area contributed by atoms with Gasteiger partial charge in [0.2, 0.25) is 0 Å². The van der Waals surface area contributed by atoms with Crippen LogP contribution in [0.4, 0.5) is 0 Å². The van der Waals surface area contributed by atoms with E-state index in [1.807, 2.05) is 25.3 Å². The molecule has 0 aliphatic rings.